The fourth-order valence-electron chi connectivity index (χ4n) is 3.26. The molecule has 0 aliphatic carbocycles. The lowest BCUT2D eigenvalue weighted by atomic mass is 9.92. The van der Waals surface area contributed by atoms with Gasteiger partial charge in [0, 0.05) is 17.3 Å². The van der Waals surface area contributed by atoms with Gasteiger partial charge in [-0.15, -0.1) is 6.42 Å². The van der Waals surface area contributed by atoms with Crippen LogP contribution in [0, 0.1) is 12.3 Å². The molecule has 0 aliphatic heterocycles. The maximum Gasteiger partial charge on any atom is 0.322 e. The minimum Gasteiger partial charge on any atom is -0.506 e. The van der Waals surface area contributed by atoms with Crippen LogP contribution in [0.3, 0.4) is 0 Å². The minimum absolute atomic E-state index is 0.327. The summed E-state index contributed by atoms with van der Waals surface area (Å²) in [7, 11) is 0. The van der Waals surface area contributed by atoms with Crippen molar-refractivity contribution >= 4 is 34.1 Å². The number of nitrogens with one attached hydrogen (secondary N) is 2. The lowest BCUT2D eigenvalue weighted by molar-refractivity contribution is -0.137. The van der Waals surface area contributed by atoms with Gasteiger partial charge in [0.1, 0.15) is 17.9 Å². The number of aromatic amines is 1. The fourth-order valence-corrected chi connectivity index (χ4v) is 3.26. The van der Waals surface area contributed by atoms with E-state index in [-0.39, 0.29) is 11.3 Å². The standard InChI is InChI=1S/C25H22N2O4/c1-4-15(3)21-12-17(18-7-6-16-10-11-26-22(16)13-18)8-9-20(21)24(30)19(5-2)25(31)27-14-23(28)29/h2,4,6-13,26,30H,14H2,1,3H3,(H,27,31)(H,28,29)/b15-4-,24-19-. The van der Waals surface area contributed by atoms with Crippen LogP contribution < -0.4 is 5.32 Å². The van der Waals surface area contributed by atoms with Crippen molar-refractivity contribution in [1.29, 1.82) is 0 Å². The molecular formula is C25H22N2O4. The quantitative estimate of drug-likeness (QED) is 0.273. The molecule has 0 unspecified atom stereocenters. The largest absolute Gasteiger partial charge is 0.506 e. The Morgan fingerprint density at radius 3 is 2.48 bits per heavy atom. The van der Waals surface area contributed by atoms with Gasteiger partial charge in [0.25, 0.3) is 5.91 Å². The summed E-state index contributed by atoms with van der Waals surface area (Å²) in [6.07, 6.45) is 9.22. The Morgan fingerprint density at radius 2 is 1.81 bits per heavy atom. The summed E-state index contributed by atoms with van der Waals surface area (Å²) in [5.41, 5.74) is 4.59. The Kier molecular flexibility index (Phi) is 6.27. The number of fused-ring (bicyclic) bond motifs is 1. The second-order valence-electron chi connectivity index (χ2n) is 6.96. The summed E-state index contributed by atoms with van der Waals surface area (Å²) >= 11 is 0. The van der Waals surface area contributed by atoms with Gasteiger partial charge in [0.15, 0.2) is 0 Å². The van der Waals surface area contributed by atoms with Gasteiger partial charge in [-0.1, -0.05) is 30.2 Å². The average Bonchev–Trinajstić information content (AvgIpc) is 3.25. The first-order valence-electron chi connectivity index (χ1n) is 9.60. The van der Waals surface area contributed by atoms with Crippen LogP contribution in [0.1, 0.15) is 25.0 Å². The summed E-state index contributed by atoms with van der Waals surface area (Å²) in [6, 6.07) is 13.5. The van der Waals surface area contributed by atoms with Crippen LogP contribution in [-0.2, 0) is 9.59 Å². The van der Waals surface area contributed by atoms with E-state index in [0.717, 1.165) is 27.6 Å². The van der Waals surface area contributed by atoms with Crippen molar-refractivity contribution in [1.82, 2.24) is 10.3 Å². The molecule has 3 rings (SSSR count). The van der Waals surface area contributed by atoms with E-state index in [2.05, 4.69) is 16.2 Å². The van der Waals surface area contributed by atoms with Crippen LogP contribution in [0.2, 0.25) is 0 Å². The number of aliphatic hydroxyl groups excluding tert-OH is 1. The van der Waals surface area contributed by atoms with E-state index in [4.69, 9.17) is 11.5 Å². The third-order valence-electron chi connectivity index (χ3n) is 5.03. The highest BCUT2D eigenvalue weighted by atomic mass is 16.4. The van der Waals surface area contributed by atoms with Gasteiger partial charge >= 0.3 is 5.97 Å². The molecular weight excluding hydrogens is 392 g/mol. The summed E-state index contributed by atoms with van der Waals surface area (Å²) < 4.78 is 0. The molecule has 156 valence electrons. The first-order chi connectivity index (χ1) is 14.8. The molecule has 0 bridgehead atoms. The lowest BCUT2D eigenvalue weighted by Gasteiger charge is -2.14. The van der Waals surface area contributed by atoms with Gasteiger partial charge in [-0.3, -0.25) is 9.59 Å². The Labute approximate surface area is 179 Å². The van der Waals surface area contributed by atoms with Gasteiger partial charge in [-0.05, 0) is 65.8 Å². The molecule has 4 N–H and O–H groups in total. The highest BCUT2D eigenvalue weighted by Crippen LogP contribution is 2.32. The van der Waals surface area contributed by atoms with Crippen molar-refractivity contribution < 1.29 is 19.8 Å². The van der Waals surface area contributed by atoms with E-state index in [0.29, 0.717) is 11.1 Å². The molecule has 6 heteroatoms. The average molecular weight is 414 g/mol. The summed E-state index contributed by atoms with van der Waals surface area (Å²) in [6.45, 7) is 3.17. The van der Waals surface area contributed by atoms with Crippen molar-refractivity contribution in [3.8, 4) is 23.5 Å². The highest BCUT2D eigenvalue weighted by molar-refractivity contribution is 6.05. The van der Waals surface area contributed by atoms with Gasteiger partial charge in [0.05, 0.1) is 0 Å². The van der Waals surface area contributed by atoms with E-state index in [9.17, 15) is 14.7 Å². The molecule has 2 aromatic carbocycles. The SMILES string of the molecule is C#C/C(C(=O)NCC(=O)O)=C(/O)c1ccc(-c2ccc3cc[nH]c3c2)cc1/C(C)=C\C. The maximum atomic E-state index is 12.3. The number of aliphatic carboxylic acids is 1. The maximum absolute atomic E-state index is 12.3. The Bertz CT molecular complexity index is 1270. The number of hydrogen-bond acceptors (Lipinski definition) is 3. The zero-order chi connectivity index (χ0) is 22.5. The van der Waals surface area contributed by atoms with Crippen LogP contribution in [0.4, 0.5) is 0 Å². The predicted molar refractivity (Wildman–Crippen MR) is 122 cm³/mol. The molecule has 0 aliphatic rings. The van der Waals surface area contributed by atoms with Crippen LogP contribution in [0.25, 0.3) is 33.4 Å². The van der Waals surface area contributed by atoms with E-state index < -0.39 is 18.4 Å². The normalized spacial score (nSPS) is 12.2. The molecule has 6 nitrogen and oxygen atoms in total. The molecule has 0 saturated carbocycles. The molecule has 0 atom stereocenters. The monoisotopic (exact) mass is 414 g/mol. The number of aliphatic hydroxyl groups is 1. The minimum atomic E-state index is -1.21. The third kappa shape index (κ3) is 4.51. The van der Waals surface area contributed by atoms with E-state index >= 15 is 0 Å². The number of allylic oxidation sites excluding steroid dienone is 2. The van der Waals surface area contributed by atoms with Crippen molar-refractivity contribution in [2.75, 3.05) is 6.54 Å². The molecule has 1 heterocycles. The molecule has 0 spiro atoms. The van der Waals surface area contributed by atoms with E-state index in [1.54, 1.807) is 6.07 Å². The van der Waals surface area contributed by atoms with Crippen LogP contribution in [-0.4, -0.2) is 33.6 Å². The number of carbonyl (C=O) groups is 2. The number of carboxylic acid groups (broad SMARTS) is 1. The molecule has 0 fully saturated rings. The number of aromatic nitrogens is 1. The van der Waals surface area contributed by atoms with Crippen LogP contribution in [0.15, 0.2) is 60.3 Å². The number of terminal acetylenes is 1. The highest BCUT2D eigenvalue weighted by Gasteiger charge is 2.19. The Balaban J connectivity index is 2.10. The fraction of sp³-hybridized carbons (Fsp3) is 0.120. The lowest BCUT2D eigenvalue weighted by Crippen LogP contribution is -2.30. The zero-order valence-corrected chi connectivity index (χ0v) is 17.2. The number of benzene rings is 2. The molecule has 3 aromatic rings. The summed E-state index contributed by atoms with van der Waals surface area (Å²) in [5.74, 6) is -0.245. The molecule has 31 heavy (non-hydrogen) atoms. The van der Waals surface area contributed by atoms with Gasteiger partial charge in [-0.2, -0.15) is 0 Å². The van der Waals surface area contributed by atoms with Crippen molar-refractivity contribution in [2.45, 2.75) is 13.8 Å². The first-order valence-corrected chi connectivity index (χ1v) is 9.60. The second-order valence-corrected chi connectivity index (χ2v) is 6.96. The van der Waals surface area contributed by atoms with Gasteiger partial charge in [0.2, 0.25) is 0 Å². The first kappa shape index (κ1) is 21.5. The van der Waals surface area contributed by atoms with Gasteiger partial charge < -0.3 is 20.5 Å². The number of amides is 1. The molecule has 1 aromatic heterocycles. The van der Waals surface area contributed by atoms with Crippen molar-refractivity contribution in [2.24, 2.45) is 0 Å². The number of H-pyrrole nitrogens is 1. The number of rotatable bonds is 6. The van der Waals surface area contributed by atoms with Crippen molar-refractivity contribution in [3.05, 3.63) is 71.4 Å². The Hall–Kier alpha value is -4.24. The third-order valence-corrected chi connectivity index (χ3v) is 5.03. The topological polar surface area (TPSA) is 102 Å². The van der Waals surface area contributed by atoms with Crippen LogP contribution in [0.5, 0.6) is 0 Å². The van der Waals surface area contributed by atoms with E-state index in [1.807, 2.05) is 62.5 Å². The second kappa shape index (κ2) is 9.06. The predicted octanol–water partition coefficient (Wildman–Crippen LogP) is 4.36. The Morgan fingerprint density at radius 1 is 1.10 bits per heavy atom. The van der Waals surface area contributed by atoms with E-state index in [1.165, 1.54) is 0 Å². The number of carbonyl (C=O) groups excluding carboxylic acids is 1. The smallest absolute Gasteiger partial charge is 0.322 e. The summed E-state index contributed by atoms with van der Waals surface area (Å²) in [4.78, 5) is 26.2. The molecule has 0 saturated heterocycles. The van der Waals surface area contributed by atoms with Crippen LogP contribution >= 0.6 is 0 Å². The van der Waals surface area contributed by atoms with Gasteiger partial charge in [-0.25, -0.2) is 0 Å². The number of carboxylic acids is 1. The molecule has 0 radical (unpaired) electrons. The summed E-state index contributed by atoms with van der Waals surface area (Å²) in [5, 5.41) is 22.9. The zero-order valence-electron chi connectivity index (χ0n) is 17.2. The van der Waals surface area contributed by atoms with Crippen molar-refractivity contribution in [3.63, 3.8) is 0 Å². The number of hydrogen-bond donors (Lipinski definition) is 4. The molecule has 1 amide bonds.